The van der Waals surface area contributed by atoms with Crippen LogP contribution in [0, 0.1) is 13.8 Å². The van der Waals surface area contributed by atoms with Crippen molar-refractivity contribution in [1.82, 2.24) is 4.98 Å². The minimum absolute atomic E-state index is 0.0899. The van der Waals surface area contributed by atoms with Crippen LogP contribution in [-0.4, -0.2) is 10.9 Å². The van der Waals surface area contributed by atoms with Gasteiger partial charge in [0.05, 0.1) is 22.7 Å². The van der Waals surface area contributed by atoms with E-state index in [2.05, 4.69) is 20.9 Å². The van der Waals surface area contributed by atoms with Gasteiger partial charge in [0.2, 0.25) is 5.76 Å². The number of hydrogen-bond donors (Lipinski definition) is 0. The Balaban J connectivity index is 1.83. The molecular weight excluding hydrogens is 452 g/mol. The van der Waals surface area contributed by atoms with Crippen LogP contribution in [0.5, 0.6) is 0 Å². The zero-order chi connectivity index (χ0) is 20.3. The summed E-state index contributed by atoms with van der Waals surface area (Å²) < 4.78 is 6.88. The Hall–Kier alpha value is -2.77. The molecule has 0 N–H and O–H groups in total. The molecule has 0 bridgehead atoms. The van der Waals surface area contributed by atoms with E-state index in [1.165, 1.54) is 11.3 Å². The van der Waals surface area contributed by atoms with Crippen LogP contribution in [0.1, 0.15) is 39.0 Å². The van der Waals surface area contributed by atoms with Gasteiger partial charge in [-0.1, -0.05) is 39.7 Å². The molecule has 0 radical (unpaired) electrons. The van der Waals surface area contributed by atoms with Gasteiger partial charge >= 0.3 is 0 Å². The van der Waals surface area contributed by atoms with Gasteiger partial charge in [0.15, 0.2) is 10.6 Å². The van der Waals surface area contributed by atoms with E-state index in [4.69, 9.17) is 4.42 Å². The summed E-state index contributed by atoms with van der Waals surface area (Å²) in [5, 5.41) is 2.92. The molecule has 0 fully saturated rings. The fourth-order valence-corrected chi connectivity index (χ4v) is 4.79. The van der Waals surface area contributed by atoms with Gasteiger partial charge in [-0.2, -0.15) is 0 Å². The third-order valence-corrected chi connectivity index (χ3v) is 6.51. The summed E-state index contributed by atoms with van der Waals surface area (Å²) in [5.74, 6) is -0.256. The standard InChI is InChI=1S/C22H15BrN2O3S/c1-11-3-8-16-15(9-11)19(26)17-18(13-4-6-14(23)7-5-13)25(21(27)20(17)28-16)22-24-12(2)10-29-22/h3-10,18H,1-2H3/t18-/m1/s1. The molecule has 144 valence electrons. The molecule has 2 aromatic carbocycles. The number of thiazole rings is 1. The van der Waals surface area contributed by atoms with Gasteiger partial charge in [0.25, 0.3) is 5.91 Å². The fourth-order valence-electron chi connectivity index (χ4n) is 3.70. The Kier molecular flexibility index (Phi) is 4.18. The molecule has 1 atom stereocenters. The number of amides is 1. The van der Waals surface area contributed by atoms with Gasteiger partial charge in [0, 0.05) is 9.85 Å². The van der Waals surface area contributed by atoms with Gasteiger partial charge in [-0.15, -0.1) is 11.3 Å². The second-order valence-corrected chi connectivity index (χ2v) is 8.83. The molecule has 5 nitrogen and oxygen atoms in total. The van der Waals surface area contributed by atoms with Crippen molar-refractivity contribution in [2.75, 3.05) is 4.90 Å². The predicted molar refractivity (Wildman–Crippen MR) is 117 cm³/mol. The van der Waals surface area contributed by atoms with Crippen molar-refractivity contribution >= 4 is 49.3 Å². The normalized spacial score (nSPS) is 15.9. The lowest BCUT2D eigenvalue weighted by Gasteiger charge is -2.22. The number of carbonyl (C=O) groups is 1. The Morgan fingerprint density at radius 3 is 2.55 bits per heavy atom. The van der Waals surface area contributed by atoms with Crippen LogP contribution >= 0.6 is 27.3 Å². The number of rotatable bonds is 2. The monoisotopic (exact) mass is 466 g/mol. The lowest BCUT2D eigenvalue weighted by molar-refractivity contribution is 0.0971. The number of aryl methyl sites for hydroxylation is 2. The van der Waals surface area contributed by atoms with E-state index < -0.39 is 6.04 Å². The number of nitrogens with zero attached hydrogens (tertiary/aromatic N) is 2. The van der Waals surface area contributed by atoms with E-state index >= 15 is 0 Å². The Bertz CT molecular complexity index is 1340. The van der Waals surface area contributed by atoms with Crippen LogP contribution in [0.2, 0.25) is 0 Å². The molecule has 0 spiro atoms. The van der Waals surface area contributed by atoms with Crippen LogP contribution in [0.3, 0.4) is 0 Å². The maximum Gasteiger partial charge on any atom is 0.297 e. The zero-order valence-electron chi connectivity index (χ0n) is 15.6. The molecule has 1 aliphatic heterocycles. The highest BCUT2D eigenvalue weighted by molar-refractivity contribution is 9.10. The molecule has 0 saturated heterocycles. The smallest absolute Gasteiger partial charge is 0.297 e. The lowest BCUT2D eigenvalue weighted by atomic mass is 9.98. The van der Waals surface area contributed by atoms with Crippen LogP contribution in [-0.2, 0) is 0 Å². The molecule has 5 rings (SSSR count). The van der Waals surface area contributed by atoms with E-state index in [1.807, 2.05) is 49.6 Å². The quantitative estimate of drug-likeness (QED) is 0.397. The van der Waals surface area contributed by atoms with Gasteiger partial charge in [-0.25, -0.2) is 4.98 Å². The first kappa shape index (κ1) is 18.3. The van der Waals surface area contributed by atoms with Crippen molar-refractivity contribution in [3.63, 3.8) is 0 Å². The van der Waals surface area contributed by atoms with Crippen molar-refractivity contribution in [2.24, 2.45) is 0 Å². The highest BCUT2D eigenvalue weighted by Crippen LogP contribution is 2.42. The van der Waals surface area contributed by atoms with Crippen LogP contribution in [0.25, 0.3) is 11.0 Å². The van der Waals surface area contributed by atoms with Crippen molar-refractivity contribution < 1.29 is 9.21 Å². The first-order valence-corrected chi connectivity index (χ1v) is 10.7. The fraction of sp³-hybridized carbons (Fsp3) is 0.136. The van der Waals surface area contributed by atoms with Crippen LogP contribution in [0.4, 0.5) is 5.13 Å². The SMILES string of the molecule is Cc1ccc2oc3c(c(=O)c2c1)[C@@H](c1ccc(Br)cc1)N(c1nc(C)cs1)C3=O. The average molecular weight is 467 g/mol. The summed E-state index contributed by atoms with van der Waals surface area (Å²) in [7, 11) is 0. The molecule has 1 aliphatic rings. The number of benzene rings is 2. The number of carbonyl (C=O) groups excluding carboxylic acids is 1. The molecule has 29 heavy (non-hydrogen) atoms. The molecule has 0 unspecified atom stereocenters. The average Bonchev–Trinajstić information content (AvgIpc) is 3.25. The number of aromatic nitrogens is 1. The summed E-state index contributed by atoms with van der Waals surface area (Å²) in [6, 6.07) is 12.4. The Labute approximate surface area is 178 Å². The lowest BCUT2D eigenvalue weighted by Crippen LogP contribution is -2.29. The third-order valence-electron chi connectivity index (χ3n) is 5.02. The van der Waals surface area contributed by atoms with Gasteiger partial charge in [-0.05, 0) is 43.7 Å². The number of fused-ring (bicyclic) bond motifs is 2. The summed E-state index contributed by atoms with van der Waals surface area (Å²) in [6.07, 6.45) is 0. The van der Waals surface area contributed by atoms with E-state index in [9.17, 15) is 9.59 Å². The molecule has 0 saturated carbocycles. The number of hydrogen-bond acceptors (Lipinski definition) is 5. The van der Waals surface area contributed by atoms with Gasteiger partial charge < -0.3 is 4.42 Å². The Morgan fingerprint density at radius 1 is 1.10 bits per heavy atom. The van der Waals surface area contributed by atoms with Crippen LogP contribution < -0.4 is 10.3 Å². The second-order valence-electron chi connectivity index (χ2n) is 7.07. The largest absolute Gasteiger partial charge is 0.450 e. The molecule has 0 aliphatic carbocycles. The van der Waals surface area contributed by atoms with Gasteiger partial charge in [-0.3, -0.25) is 14.5 Å². The maximum atomic E-state index is 13.5. The van der Waals surface area contributed by atoms with Crippen LogP contribution in [0.15, 0.2) is 61.5 Å². The molecule has 7 heteroatoms. The van der Waals surface area contributed by atoms with E-state index in [0.29, 0.717) is 21.7 Å². The molecular formula is C22H15BrN2O3S. The second kappa shape index (κ2) is 6.64. The van der Waals surface area contributed by atoms with E-state index in [1.54, 1.807) is 17.0 Å². The van der Waals surface area contributed by atoms with Gasteiger partial charge in [0.1, 0.15) is 5.58 Å². The highest BCUT2D eigenvalue weighted by Gasteiger charge is 2.44. The summed E-state index contributed by atoms with van der Waals surface area (Å²) in [5.41, 5.74) is 3.21. The van der Waals surface area contributed by atoms with E-state index in [-0.39, 0.29) is 17.1 Å². The molecule has 3 heterocycles. The number of anilines is 1. The molecule has 4 aromatic rings. The van der Waals surface area contributed by atoms with Crippen molar-refractivity contribution in [3.8, 4) is 0 Å². The van der Waals surface area contributed by atoms with Crippen molar-refractivity contribution in [1.29, 1.82) is 0 Å². The molecule has 2 aromatic heterocycles. The third kappa shape index (κ3) is 2.84. The van der Waals surface area contributed by atoms with Crippen molar-refractivity contribution in [2.45, 2.75) is 19.9 Å². The first-order chi connectivity index (χ1) is 13.9. The Morgan fingerprint density at radius 2 is 1.86 bits per heavy atom. The zero-order valence-corrected chi connectivity index (χ0v) is 18.0. The van der Waals surface area contributed by atoms with Crippen molar-refractivity contribution in [3.05, 3.63) is 90.7 Å². The minimum Gasteiger partial charge on any atom is -0.450 e. The number of halogens is 1. The molecule has 1 amide bonds. The first-order valence-electron chi connectivity index (χ1n) is 9.02. The summed E-state index contributed by atoms with van der Waals surface area (Å²) >= 11 is 4.82. The summed E-state index contributed by atoms with van der Waals surface area (Å²) in [6.45, 7) is 3.80. The summed E-state index contributed by atoms with van der Waals surface area (Å²) in [4.78, 5) is 32.9. The maximum absolute atomic E-state index is 13.5. The predicted octanol–water partition coefficient (Wildman–Crippen LogP) is 5.38. The van der Waals surface area contributed by atoms with E-state index in [0.717, 1.165) is 21.3 Å². The topological polar surface area (TPSA) is 63.4 Å². The highest BCUT2D eigenvalue weighted by atomic mass is 79.9. The minimum atomic E-state index is -0.586.